The summed E-state index contributed by atoms with van der Waals surface area (Å²) in [5.41, 5.74) is 4.21. The molecule has 1 fully saturated rings. The van der Waals surface area contributed by atoms with Crippen LogP contribution in [0.5, 0.6) is 0 Å². The summed E-state index contributed by atoms with van der Waals surface area (Å²) in [5, 5.41) is 3.26. The van der Waals surface area contributed by atoms with Crippen molar-refractivity contribution in [2.75, 3.05) is 23.3 Å². The molecule has 1 aliphatic heterocycles. The maximum atomic E-state index is 13.1. The zero-order valence-electron chi connectivity index (χ0n) is 17.3. The van der Waals surface area contributed by atoms with Gasteiger partial charge in [0, 0.05) is 31.0 Å². The van der Waals surface area contributed by atoms with Crippen molar-refractivity contribution in [1.82, 2.24) is 4.90 Å². The highest BCUT2D eigenvalue weighted by atomic mass is 35.5. The van der Waals surface area contributed by atoms with Crippen molar-refractivity contribution in [3.63, 3.8) is 0 Å². The van der Waals surface area contributed by atoms with Crippen LogP contribution in [0.3, 0.4) is 0 Å². The third kappa shape index (κ3) is 4.89. The first-order valence-corrected chi connectivity index (χ1v) is 10.7. The Labute approximate surface area is 187 Å². The van der Waals surface area contributed by atoms with E-state index in [2.05, 4.69) is 30.4 Å². The molecule has 3 aromatic carbocycles. The van der Waals surface area contributed by atoms with E-state index in [9.17, 15) is 9.59 Å². The molecule has 0 aliphatic carbocycles. The van der Waals surface area contributed by atoms with Gasteiger partial charge in [0.15, 0.2) is 0 Å². The van der Waals surface area contributed by atoms with Gasteiger partial charge in [0.1, 0.15) is 0 Å². The van der Waals surface area contributed by atoms with E-state index < -0.39 is 0 Å². The largest absolute Gasteiger partial charge is 0.324 e. The van der Waals surface area contributed by atoms with Crippen molar-refractivity contribution in [1.29, 1.82) is 0 Å². The second-order valence-electron chi connectivity index (χ2n) is 7.68. The number of carbonyl (C=O) groups is 2. The molecular weight excluding hydrogens is 410 g/mol. The van der Waals surface area contributed by atoms with Crippen LogP contribution in [-0.4, -0.2) is 29.9 Å². The summed E-state index contributed by atoms with van der Waals surface area (Å²) in [4.78, 5) is 29.2. The molecular formula is C25H24ClN3O2. The monoisotopic (exact) mass is 433 g/mol. The molecule has 0 bridgehead atoms. The van der Waals surface area contributed by atoms with Gasteiger partial charge >= 0.3 is 6.03 Å². The van der Waals surface area contributed by atoms with E-state index in [1.54, 1.807) is 41.3 Å². The number of hydrogen-bond acceptors (Lipinski definition) is 2. The van der Waals surface area contributed by atoms with Crippen LogP contribution in [-0.2, 0) is 6.54 Å². The van der Waals surface area contributed by atoms with Gasteiger partial charge < -0.3 is 10.2 Å². The highest BCUT2D eigenvalue weighted by molar-refractivity contribution is 6.34. The Balaban J connectivity index is 1.44. The number of anilines is 2. The first-order chi connectivity index (χ1) is 15.0. The number of benzene rings is 3. The van der Waals surface area contributed by atoms with Gasteiger partial charge in [-0.15, -0.1) is 0 Å². The van der Waals surface area contributed by atoms with Crippen molar-refractivity contribution < 1.29 is 9.59 Å². The molecule has 6 heteroatoms. The minimum atomic E-state index is -0.267. The minimum Gasteiger partial charge on any atom is -0.322 e. The number of nitrogens with one attached hydrogen (secondary N) is 1. The number of aryl methyl sites for hydroxylation is 1. The number of rotatable bonds is 5. The lowest BCUT2D eigenvalue weighted by atomic mass is 10.1. The number of hydrogen-bond donors (Lipinski definition) is 1. The van der Waals surface area contributed by atoms with Crippen LogP contribution in [0.15, 0.2) is 72.8 Å². The smallest absolute Gasteiger partial charge is 0.322 e. The Hall–Kier alpha value is -3.31. The van der Waals surface area contributed by atoms with Gasteiger partial charge in [-0.25, -0.2) is 4.79 Å². The number of urea groups is 1. The highest BCUT2D eigenvalue weighted by Gasteiger charge is 2.26. The van der Waals surface area contributed by atoms with Gasteiger partial charge in [0.05, 0.1) is 10.6 Å². The predicted octanol–water partition coefficient (Wildman–Crippen LogP) is 5.73. The molecule has 4 rings (SSSR count). The third-order valence-corrected chi connectivity index (χ3v) is 5.65. The summed E-state index contributed by atoms with van der Waals surface area (Å²) in [6, 6.07) is 22.5. The van der Waals surface area contributed by atoms with Crippen molar-refractivity contribution >= 4 is 34.9 Å². The van der Waals surface area contributed by atoms with E-state index in [1.807, 2.05) is 23.1 Å². The molecule has 3 aromatic rings. The molecule has 1 saturated heterocycles. The molecule has 0 spiro atoms. The van der Waals surface area contributed by atoms with Crippen molar-refractivity contribution in [3.05, 3.63) is 94.5 Å². The molecule has 1 aliphatic rings. The van der Waals surface area contributed by atoms with Gasteiger partial charge in [-0.2, -0.15) is 0 Å². The van der Waals surface area contributed by atoms with E-state index in [0.717, 1.165) is 24.2 Å². The van der Waals surface area contributed by atoms with E-state index in [4.69, 9.17) is 11.6 Å². The fraction of sp³-hybridized carbons (Fsp3) is 0.200. The van der Waals surface area contributed by atoms with Crippen molar-refractivity contribution in [2.45, 2.75) is 19.9 Å². The van der Waals surface area contributed by atoms with Crippen LogP contribution in [0.1, 0.15) is 27.9 Å². The Bertz CT molecular complexity index is 1100. The van der Waals surface area contributed by atoms with Gasteiger partial charge in [-0.05, 0) is 55.3 Å². The highest BCUT2D eigenvalue weighted by Crippen LogP contribution is 2.24. The maximum Gasteiger partial charge on any atom is 0.324 e. The Morgan fingerprint density at radius 3 is 2.52 bits per heavy atom. The Morgan fingerprint density at radius 1 is 1.00 bits per heavy atom. The molecule has 31 heavy (non-hydrogen) atoms. The van der Waals surface area contributed by atoms with Gasteiger partial charge in [0.25, 0.3) is 5.91 Å². The SMILES string of the molecule is Cc1cccc(CN2CCCN(c3ccc(NC(=O)c4ccccc4Cl)cc3)C2=O)c1. The molecule has 0 unspecified atom stereocenters. The molecule has 0 aromatic heterocycles. The number of carbonyl (C=O) groups excluding carboxylic acids is 2. The summed E-state index contributed by atoms with van der Waals surface area (Å²) in [7, 11) is 0. The Morgan fingerprint density at radius 2 is 1.77 bits per heavy atom. The van der Waals surface area contributed by atoms with Crippen LogP contribution in [0.4, 0.5) is 16.2 Å². The van der Waals surface area contributed by atoms with Crippen LogP contribution in [0, 0.1) is 6.92 Å². The third-order valence-electron chi connectivity index (χ3n) is 5.32. The quantitative estimate of drug-likeness (QED) is 0.558. The van der Waals surface area contributed by atoms with Crippen LogP contribution in [0.25, 0.3) is 0 Å². The Kier molecular flexibility index (Phi) is 6.23. The van der Waals surface area contributed by atoms with Gasteiger partial charge in [-0.3, -0.25) is 9.69 Å². The molecule has 3 amide bonds. The molecule has 0 atom stereocenters. The number of halogens is 1. The minimum absolute atomic E-state index is 0.000564. The van der Waals surface area contributed by atoms with Gasteiger partial charge in [0.2, 0.25) is 0 Å². The van der Waals surface area contributed by atoms with Crippen LogP contribution < -0.4 is 10.2 Å². The molecule has 0 radical (unpaired) electrons. The standard InChI is InChI=1S/C25H24ClN3O2/c1-18-6-4-7-19(16-18)17-28-14-5-15-29(25(28)31)21-12-10-20(11-13-21)27-24(30)22-8-2-3-9-23(22)26/h2-4,6-13,16H,5,14-15,17H2,1H3,(H,27,30). The average molecular weight is 434 g/mol. The van der Waals surface area contributed by atoms with E-state index in [-0.39, 0.29) is 11.9 Å². The second kappa shape index (κ2) is 9.23. The summed E-state index contributed by atoms with van der Waals surface area (Å²) in [6.45, 7) is 4.08. The van der Waals surface area contributed by atoms with Crippen molar-refractivity contribution in [2.24, 2.45) is 0 Å². The van der Waals surface area contributed by atoms with Gasteiger partial charge in [-0.1, -0.05) is 53.6 Å². The first-order valence-electron chi connectivity index (χ1n) is 10.3. The molecule has 5 nitrogen and oxygen atoms in total. The van der Waals surface area contributed by atoms with E-state index in [0.29, 0.717) is 29.4 Å². The second-order valence-corrected chi connectivity index (χ2v) is 8.09. The molecule has 1 heterocycles. The normalized spacial score (nSPS) is 13.9. The van der Waals surface area contributed by atoms with Crippen LogP contribution in [0.2, 0.25) is 5.02 Å². The lowest BCUT2D eigenvalue weighted by Gasteiger charge is -2.35. The fourth-order valence-corrected chi connectivity index (χ4v) is 3.99. The van der Waals surface area contributed by atoms with Crippen LogP contribution >= 0.6 is 11.6 Å². The lowest BCUT2D eigenvalue weighted by Crippen LogP contribution is -2.49. The summed E-state index contributed by atoms with van der Waals surface area (Å²) >= 11 is 6.10. The number of nitrogens with zero attached hydrogens (tertiary/aromatic N) is 2. The van der Waals surface area contributed by atoms with E-state index in [1.165, 1.54) is 5.56 Å². The zero-order chi connectivity index (χ0) is 21.8. The maximum absolute atomic E-state index is 13.1. The molecule has 1 N–H and O–H groups in total. The summed E-state index contributed by atoms with van der Waals surface area (Å²) in [6.07, 6.45) is 0.905. The fourth-order valence-electron chi connectivity index (χ4n) is 3.77. The lowest BCUT2D eigenvalue weighted by molar-refractivity contribution is 0.102. The topological polar surface area (TPSA) is 52.6 Å². The predicted molar refractivity (Wildman–Crippen MR) is 125 cm³/mol. The van der Waals surface area contributed by atoms with E-state index >= 15 is 0 Å². The molecule has 0 saturated carbocycles. The zero-order valence-corrected chi connectivity index (χ0v) is 18.1. The summed E-state index contributed by atoms with van der Waals surface area (Å²) < 4.78 is 0. The summed E-state index contributed by atoms with van der Waals surface area (Å²) in [5.74, 6) is -0.267. The number of amides is 3. The first kappa shape index (κ1) is 20.9. The molecule has 158 valence electrons. The van der Waals surface area contributed by atoms with Crippen molar-refractivity contribution in [3.8, 4) is 0 Å². The average Bonchev–Trinajstić information content (AvgIpc) is 2.76.